The Bertz CT molecular complexity index is 798. The number of nitrogens with zero attached hydrogens (tertiary/aromatic N) is 3. The van der Waals surface area contributed by atoms with Crippen LogP contribution in [0.3, 0.4) is 0 Å². The minimum atomic E-state index is -0.958. The lowest BCUT2D eigenvalue weighted by Gasteiger charge is -2.07. The van der Waals surface area contributed by atoms with Crippen LogP contribution in [0, 0.1) is 17.5 Å². The van der Waals surface area contributed by atoms with Gasteiger partial charge in [-0.1, -0.05) is 11.6 Å². The van der Waals surface area contributed by atoms with Crippen LogP contribution in [0.4, 0.5) is 13.2 Å². The van der Waals surface area contributed by atoms with Crippen LogP contribution in [0.2, 0.25) is 5.02 Å². The van der Waals surface area contributed by atoms with Crippen molar-refractivity contribution in [2.24, 2.45) is 0 Å². The molecule has 0 aliphatic rings. The summed E-state index contributed by atoms with van der Waals surface area (Å²) in [6.45, 7) is 0. The van der Waals surface area contributed by atoms with Gasteiger partial charge in [-0.2, -0.15) is 4.98 Å². The van der Waals surface area contributed by atoms with Crippen molar-refractivity contribution in [3.8, 4) is 23.1 Å². The third-order valence-corrected chi connectivity index (χ3v) is 3.13. The fourth-order valence-corrected chi connectivity index (χ4v) is 2.12. The van der Waals surface area contributed by atoms with Gasteiger partial charge in [-0.25, -0.2) is 23.0 Å². The van der Waals surface area contributed by atoms with Crippen LogP contribution in [-0.2, 0) is 5.11 Å². The summed E-state index contributed by atoms with van der Waals surface area (Å²) < 4.78 is 41.6. The molecule has 22 heavy (non-hydrogen) atoms. The number of aromatic nitrogens is 3. The zero-order valence-corrected chi connectivity index (χ0v) is 11.5. The minimum absolute atomic E-state index is 0.0808. The Hall–Kier alpha value is -2.54. The van der Waals surface area contributed by atoms with E-state index in [1.807, 2.05) is 0 Å². The van der Waals surface area contributed by atoms with E-state index in [1.54, 1.807) is 0 Å². The Kier molecular flexibility index (Phi) is 3.50. The van der Waals surface area contributed by atoms with E-state index in [9.17, 15) is 18.3 Å². The van der Waals surface area contributed by atoms with Crippen molar-refractivity contribution in [3.63, 3.8) is 0 Å². The summed E-state index contributed by atoms with van der Waals surface area (Å²) in [6.07, 6.45) is 0. The van der Waals surface area contributed by atoms with Gasteiger partial charge in [0.05, 0.1) is 5.56 Å². The molecular weight excluding hydrogens is 319 g/mol. The quantitative estimate of drug-likeness (QED) is 0.711. The number of hydrogen-bond donors (Lipinski definition) is 0. The minimum Gasteiger partial charge on any atom is -0.242 e. The van der Waals surface area contributed by atoms with E-state index in [0.717, 1.165) is 22.9 Å². The van der Waals surface area contributed by atoms with Gasteiger partial charge in [-0.15, -0.1) is 5.10 Å². The van der Waals surface area contributed by atoms with Crippen LogP contribution in [0.15, 0.2) is 36.4 Å². The second kappa shape index (κ2) is 5.34. The third kappa shape index (κ3) is 2.50. The van der Waals surface area contributed by atoms with E-state index in [1.165, 1.54) is 12.1 Å². The fourth-order valence-electron chi connectivity index (χ4n) is 1.96. The zero-order valence-electron chi connectivity index (χ0n) is 10.7. The maximum absolute atomic E-state index is 14.0. The van der Waals surface area contributed by atoms with Gasteiger partial charge in [0.1, 0.15) is 17.3 Å². The molecule has 1 radical (unpaired) electrons. The van der Waals surface area contributed by atoms with Crippen molar-refractivity contribution in [3.05, 3.63) is 58.9 Å². The second-order valence-electron chi connectivity index (χ2n) is 4.35. The molecule has 2 aromatic carbocycles. The highest BCUT2D eigenvalue weighted by Crippen LogP contribution is 2.28. The molecule has 3 aromatic rings. The van der Waals surface area contributed by atoms with Gasteiger partial charge < -0.3 is 0 Å². The van der Waals surface area contributed by atoms with E-state index >= 15 is 0 Å². The van der Waals surface area contributed by atoms with Crippen LogP contribution in [0.5, 0.6) is 6.01 Å². The first-order valence-corrected chi connectivity index (χ1v) is 6.38. The molecule has 111 valence electrons. The monoisotopic (exact) mass is 324 g/mol. The van der Waals surface area contributed by atoms with E-state index in [-0.39, 0.29) is 22.1 Å². The van der Waals surface area contributed by atoms with E-state index in [4.69, 9.17) is 11.6 Å². The Morgan fingerprint density at radius 1 is 1.00 bits per heavy atom. The predicted octanol–water partition coefficient (Wildman–Crippen LogP) is 4.15. The number of hydrogen-bond acceptors (Lipinski definition) is 2. The highest BCUT2D eigenvalue weighted by atomic mass is 35.5. The summed E-state index contributed by atoms with van der Waals surface area (Å²) in [7, 11) is 0. The topological polar surface area (TPSA) is 50.6 Å². The smallest absolute Gasteiger partial charge is 0.242 e. The molecule has 8 heteroatoms. The van der Waals surface area contributed by atoms with Crippen molar-refractivity contribution < 1.29 is 18.3 Å². The predicted molar refractivity (Wildman–Crippen MR) is 71.8 cm³/mol. The number of benzene rings is 2. The number of rotatable bonds is 2. The van der Waals surface area contributed by atoms with E-state index in [2.05, 4.69) is 10.1 Å². The van der Waals surface area contributed by atoms with E-state index in [0.29, 0.717) is 6.07 Å². The van der Waals surface area contributed by atoms with Crippen LogP contribution in [-0.4, -0.2) is 14.8 Å². The first-order chi connectivity index (χ1) is 10.5. The van der Waals surface area contributed by atoms with Crippen LogP contribution in [0.25, 0.3) is 17.1 Å². The van der Waals surface area contributed by atoms with Crippen molar-refractivity contribution in [2.45, 2.75) is 0 Å². The first kappa shape index (κ1) is 14.4. The molecule has 0 bridgehead atoms. The van der Waals surface area contributed by atoms with Crippen LogP contribution < -0.4 is 0 Å². The van der Waals surface area contributed by atoms with Gasteiger partial charge in [0.25, 0.3) is 0 Å². The van der Waals surface area contributed by atoms with Crippen LogP contribution in [0.1, 0.15) is 0 Å². The van der Waals surface area contributed by atoms with Gasteiger partial charge in [0.15, 0.2) is 11.6 Å². The Labute approximate surface area is 127 Å². The molecule has 1 aromatic heterocycles. The molecule has 0 aliphatic carbocycles. The normalized spacial score (nSPS) is 10.9. The molecule has 3 rings (SSSR count). The van der Waals surface area contributed by atoms with Gasteiger partial charge in [-0.05, 0) is 30.3 Å². The van der Waals surface area contributed by atoms with Gasteiger partial charge in [0.2, 0.25) is 0 Å². The third-order valence-electron chi connectivity index (χ3n) is 2.90. The largest absolute Gasteiger partial charge is 0.386 e. The Morgan fingerprint density at radius 3 is 2.45 bits per heavy atom. The Morgan fingerprint density at radius 2 is 1.77 bits per heavy atom. The van der Waals surface area contributed by atoms with Gasteiger partial charge in [-0.3, -0.25) is 0 Å². The fraction of sp³-hybridized carbons (Fsp3) is 0. The Balaban J connectivity index is 2.22. The molecule has 0 unspecified atom stereocenters. The first-order valence-electron chi connectivity index (χ1n) is 6.00. The number of halogens is 4. The average Bonchev–Trinajstić information content (AvgIpc) is 2.80. The molecular formula is C14H6ClF3N3O. The molecule has 0 amide bonds. The average molecular weight is 325 g/mol. The highest BCUT2D eigenvalue weighted by molar-refractivity contribution is 6.30. The lowest BCUT2D eigenvalue weighted by Crippen LogP contribution is -2.03. The maximum atomic E-state index is 14.0. The van der Waals surface area contributed by atoms with Crippen molar-refractivity contribution in [1.82, 2.24) is 14.8 Å². The summed E-state index contributed by atoms with van der Waals surface area (Å²) in [4.78, 5) is 3.56. The molecule has 0 atom stereocenters. The second-order valence-corrected chi connectivity index (χ2v) is 4.79. The summed E-state index contributed by atoms with van der Waals surface area (Å²) in [6, 6.07) is 5.49. The highest BCUT2D eigenvalue weighted by Gasteiger charge is 2.20. The SMILES string of the molecule is [O]c1nc(-c2ccc(Cl)cc2F)n(-c2ccc(F)cc2F)n1. The summed E-state index contributed by atoms with van der Waals surface area (Å²) >= 11 is 5.66. The summed E-state index contributed by atoms with van der Waals surface area (Å²) in [5, 5.41) is 15.1. The molecule has 4 nitrogen and oxygen atoms in total. The lowest BCUT2D eigenvalue weighted by atomic mass is 10.2. The molecule has 0 N–H and O–H groups in total. The van der Waals surface area contributed by atoms with E-state index < -0.39 is 23.5 Å². The molecule has 0 saturated carbocycles. The molecule has 0 fully saturated rings. The van der Waals surface area contributed by atoms with Crippen molar-refractivity contribution >= 4 is 11.6 Å². The molecule has 0 saturated heterocycles. The molecule has 0 aliphatic heterocycles. The van der Waals surface area contributed by atoms with Gasteiger partial charge >= 0.3 is 6.01 Å². The van der Waals surface area contributed by atoms with Crippen molar-refractivity contribution in [1.29, 1.82) is 0 Å². The van der Waals surface area contributed by atoms with Crippen molar-refractivity contribution in [2.75, 3.05) is 0 Å². The maximum Gasteiger partial charge on any atom is 0.386 e. The molecule has 1 heterocycles. The van der Waals surface area contributed by atoms with Crippen LogP contribution >= 0.6 is 11.6 Å². The lowest BCUT2D eigenvalue weighted by molar-refractivity contribution is 0.319. The summed E-state index contributed by atoms with van der Waals surface area (Å²) in [5.74, 6) is -2.70. The summed E-state index contributed by atoms with van der Waals surface area (Å²) in [5.41, 5.74) is -0.303. The molecule has 0 spiro atoms. The van der Waals surface area contributed by atoms with Gasteiger partial charge in [0, 0.05) is 11.1 Å². The zero-order chi connectivity index (χ0) is 15.9. The standard InChI is InChI=1S/C14H6ClF3N3O/c15-7-1-3-9(10(17)5-7)13-19-14(22)20-21(13)12-4-2-8(16)6-11(12)18/h1-6H.